The molecule has 2 heteroatoms. The van der Waals surface area contributed by atoms with Crippen LogP contribution in [0.3, 0.4) is 0 Å². The first-order chi connectivity index (χ1) is 6.75. The third-order valence-corrected chi connectivity index (χ3v) is 3.14. The number of rotatable bonds is 2. The van der Waals surface area contributed by atoms with Gasteiger partial charge in [0.25, 0.3) is 0 Å². The number of hydrogen-bond donors (Lipinski definition) is 1. The van der Waals surface area contributed by atoms with Crippen LogP contribution in [-0.4, -0.2) is 6.04 Å². The van der Waals surface area contributed by atoms with Crippen LogP contribution in [0.2, 0.25) is 5.02 Å². The molecule has 1 aliphatic carbocycles. The molecule has 0 aliphatic heterocycles. The molecule has 0 heterocycles. The Kier molecular flexibility index (Phi) is 2.97. The van der Waals surface area contributed by atoms with E-state index in [0.29, 0.717) is 6.04 Å². The highest BCUT2D eigenvalue weighted by atomic mass is 35.5. The van der Waals surface area contributed by atoms with Crippen LogP contribution in [0.5, 0.6) is 0 Å². The molecule has 0 unspecified atom stereocenters. The van der Waals surface area contributed by atoms with Crippen LogP contribution in [0.4, 0.5) is 5.69 Å². The zero-order valence-electron chi connectivity index (χ0n) is 8.52. The molecule has 14 heavy (non-hydrogen) atoms. The molecule has 1 fully saturated rings. The van der Waals surface area contributed by atoms with Crippen molar-refractivity contribution in [3.8, 4) is 0 Å². The van der Waals surface area contributed by atoms with E-state index < -0.39 is 0 Å². The van der Waals surface area contributed by atoms with Crippen LogP contribution in [0.25, 0.3) is 0 Å². The summed E-state index contributed by atoms with van der Waals surface area (Å²) in [5.41, 5.74) is 2.48. The first-order valence-corrected chi connectivity index (χ1v) is 5.66. The van der Waals surface area contributed by atoms with Crippen molar-refractivity contribution in [2.24, 2.45) is 0 Å². The standard InChI is InChI=1S/C12H16ClN/c1-9-8-10(13)6-7-12(9)14-11-4-2-3-5-11/h6-8,11,14H,2-5H2,1H3. The van der Waals surface area contributed by atoms with Crippen molar-refractivity contribution in [1.82, 2.24) is 0 Å². The third kappa shape index (κ3) is 2.21. The lowest BCUT2D eigenvalue weighted by Crippen LogP contribution is -2.15. The molecule has 76 valence electrons. The maximum Gasteiger partial charge on any atom is 0.0410 e. The minimum atomic E-state index is 0.676. The van der Waals surface area contributed by atoms with Gasteiger partial charge < -0.3 is 5.32 Å². The second kappa shape index (κ2) is 4.22. The van der Waals surface area contributed by atoms with E-state index in [4.69, 9.17) is 11.6 Å². The monoisotopic (exact) mass is 209 g/mol. The highest BCUT2D eigenvalue weighted by molar-refractivity contribution is 6.30. The van der Waals surface area contributed by atoms with Crippen LogP contribution < -0.4 is 5.32 Å². The molecule has 0 atom stereocenters. The summed E-state index contributed by atoms with van der Waals surface area (Å²) in [5.74, 6) is 0. The van der Waals surface area contributed by atoms with Crippen molar-refractivity contribution in [2.45, 2.75) is 38.6 Å². The van der Waals surface area contributed by atoms with Crippen LogP contribution in [0, 0.1) is 6.92 Å². The predicted octanol–water partition coefficient (Wildman–Crippen LogP) is 4.00. The van der Waals surface area contributed by atoms with Crippen molar-refractivity contribution in [1.29, 1.82) is 0 Å². The van der Waals surface area contributed by atoms with E-state index in [-0.39, 0.29) is 0 Å². The SMILES string of the molecule is Cc1cc(Cl)ccc1NC1CCCC1. The Morgan fingerprint density at radius 3 is 2.64 bits per heavy atom. The summed E-state index contributed by atoms with van der Waals surface area (Å²) in [6.45, 7) is 2.10. The molecule has 0 amide bonds. The predicted molar refractivity (Wildman–Crippen MR) is 62.1 cm³/mol. The van der Waals surface area contributed by atoms with Gasteiger partial charge in [-0.1, -0.05) is 24.4 Å². The van der Waals surface area contributed by atoms with Gasteiger partial charge in [0.15, 0.2) is 0 Å². The average molecular weight is 210 g/mol. The van der Waals surface area contributed by atoms with Gasteiger partial charge in [-0.3, -0.25) is 0 Å². The van der Waals surface area contributed by atoms with Crippen LogP contribution in [-0.2, 0) is 0 Å². The van der Waals surface area contributed by atoms with Gasteiger partial charge in [-0.2, -0.15) is 0 Å². The molecular weight excluding hydrogens is 194 g/mol. The fraction of sp³-hybridized carbons (Fsp3) is 0.500. The quantitative estimate of drug-likeness (QED) is 0.777. The Bertz CT molecular complexity index is 316. The van der Waals surface area contributed by atoms with Crippen molar-refractivity contribution < 1.29 is 0 Å². The first-order valence-electron chi connectivity index (χ1n) is 5.28. The number of anilines is 1. The summed E-state index contributed by atoms with van der Waals surface area (Å²) in [6.07, 6.45) is 5.35. The highest BCUT2D eigenvalue weighted by Gasteiger charge is 2.14. The largest absolute Gasteiger partial charge is 0.382 e. The fourth-order valence-electron chi connectivity index (χ4n) is 2.08. The van der Waals surface area contributed by atoms with Gasteiger partial charge in [0, 0.05) is 16.8 Å². The van der Waals surface area contributed by atoms with Crippen molar-refractivity contribution >= 4 is 17.3 Å². The summed E-state index contributed by atoms with van der Waals surface area (Å²) in [7, 11) is 0. The summed E-state index contributed by atoms with van der Waals surface area (Å²) in [6, 6.07) is 6.72. The van der Waals surface area contributed by atoms with E-state index in [1.807, 2.05) is 12.1 Å². The van der Waals surface area contributed by atoms with Gasteiger partial charge in [0.1, 0.15) is 0 Å². The number of benzene rings is 1. The van der Waals surface area contributed by atoms with Crippen LogP contribution >= 0.6 is 11.6 Å². The summed E-state index contributed by atoms with van der Waals surface area (Å²) in [5, 5.41) is 4.40. The van der Waals surface area contributed by atoms with E-state index >= 15 is 0 Å². The fourth-order valence-corrected chi connectivity index (χ4v) is 2.31. The van der Waals surface area contributed by atoms with Crippen molar-refractivity contribution in [3.63, 3.8) is 0 Å². The van der Waals surface area contributed by atoms with E-state index in [9.17, 15) is 0 Å². The molecule has 1 nitrogen and oxygen atoms in total. The van der Waals surface area contributed by atoms with Gasteiger partial charge >= 0.3 is 0 Å². The van der Waals surface area contributed by atoms with Crippen LogP contribution in [0.1, 0.15) is 31.2 Å². The zero-order chi connectivity index (χ0) is 9.97. The minimum Gasteiger partial charge on any atom is -0.382 e. The molecule has 0 aromatic heterocycles. The second-order valence-corrected chi connectivity index (χ2v) is 4.52. The molecule has 2 rings (SSSR count). The lowest BCUT2D eigenvalue weighted by Gasteiger charge is -2.15. The highest BCUT2D eigenvalue weighted by Crippen LogP contribution is 2.25. The number of halogens is 1. The second-order valence-electron chi connectivity index (χ2n) is 4.08. The van der Waals surface area contributed by atoms with E-state index in [1.54, 1.807) is 0 Å². The zero-order valence-corrected chi connectivity index (χ0v) is 9.27. The maximum absolute atomic E-state index is 5.91. The Morgan fingerprint density at radius 2 is 2.00 bits per heavy atom. The lowest BCUT2D eigenvalue weighted by atomic mass is 10.1. The Hall–Kier alpha value is -0.690. The molecule has 0 spiro atoms. The maximum atomic E-state index is 5.91. The topological polar surface area (TPSA) is 12.0 Å². The summed E-state index contributed by atoms with van der Waals surface area (Å²) in [4.78, 5) is 0. The molecule has 1 saturated carbocycles. The normalized spacial score (nSPS) is 17.3. The number of aryl methyl sites for hydroxylation is 1. The summed E-state index contributed by atoms with van der Waals surface area (Å²) < 4.78 is 0. The molecule has 0 bridgehead atoms. The Labute approximate surface area is 90.5 Å². The van der Waals surface area contributed by atoms with Crippen LogP contribution in [0.15, 0.2) is 18.2 Å². The summed E-state index contributed by atoms with van der Waals surface area (Å²) >= 11 is 5.91. The Morgan fingerprint density at radius 1 is 1.29 bits per heavy atom. The number of nitrogens with one attached hydrogen (secondary N) is 1. The smallest absolute Gasteiger partial charge is 0.0410 e. The lowest BCUT2D eigenvalue weighted by molar-refractivity contribution is 0.754. The van der Waals surface area contributed by atoms with Crippen molar-refractivity contribution in [3.05, 3.63) is 28.8 Å². The molecule has 1 aliphatic rings. The van der Waals surface area contributed by atoms with Gasteiger partial charge in [0.2, 0.25) is 0 Å². The van der Waals surface area contributed by atoms with Gasteiger partial charge in [-0.25, -0.2) is 0 Å². The molecule has 0 saturated heterocycles. The molecular formula is C12H16ClN. The molecule has 1 aromatic rings. The van der Waals surface area contributed by atoms with E-state index in [2.05, 4.69) is 18.3 Å². The molecule has 1 aromatic carbocycles. The van der Waals surface area contributed by atoms with Crippen molar-refractivity contribution in [2.75, 3.05) is 5.32 Å². The van der Waals surface area contributed by atoms with Gasteiger partial charge in [0.05, 0.1) is 0 Å². The number of hydrogen-bond acceptors (Lipinski definition) is 1. The third-order valence-electron chi connectivity index (χ3n) is 2.90. The molecule has 0 radical (unpaired) electrons. The average Bonchev–Trinajstić information content (AvgIpc) is 2.62. The minimum absolute atomic E-state index is 0.676. The van der Waals surface area contributed by atoms with E-state index in [0.717, 1.165) is 5.02 Å². The van der Waals surface area contributed by atoms with E-state index in [1.165, 1.54) is 36.9 Å². The molecule has 1 N–H and O–H groups in total. The first kappa shape index (κ1) is 9.85. The van der Waals surface area contributed by atoms with Gasteiger partial charge in [-0.15, -0.1) is 0 Å². The van der Waals surface area contributed by atoms with Gasteiger partial charge in [-0.05, 0) is 43.5 Å². The Balaban J connectivity index is 2.08.